The zero-order valence-corrected chi connectivity index (χ0v) is 9.09. The van der Waals surface area contributed by atoms with E-state index in [0.717, 1.165) is 6.54 Å². The molecule has 13 heavy (non-hydrogen) atoms. The Bertz CT molecular complexity index is 233. The van der Waals surface area contributed by atoms with Crippen LogP contribution in [-0.4, -0.2) is 11.3 Å². The Morgan fingerprint density at radius 2 is 1.85 bits per heavy atom. The van der Waals surface area contributed by atoms with Crippen LogP contribution in [0.25, 0.3) is 0 Å². The summed E-state index contributed by atoms with van der Waals surface area (Å²) >= 11 is 4.38. The topological polar surface area (TPSA) is 12.0 Å². The second-order valence-electron chi connectivity index (χ2n) is 3.40. The average Bonchev–Trinajstić information content (AvgIpc) is 2.15. The highest BCUT2D eigenvalue weighted by Crippen LogP contribution is 2.02. The molecule has 1 rings (SSSR count). The summed E-state index contributed by atoms with van der Waals surface area (Å²) in [5.41, 5.74) is 1.32. The van der Waals surface area contributed by atoms with E-state index in [9.17, 15) is 0 Å². The molecule has 1 nitrogen and oxygen atoms in total. The Kier molecular flexibility index (Phi) is 4.33. The Morgan fingerprint density at radius 1 is 1.23 bits per heavy atom. The molecule has 0 heterocycles. The van der Waals surface area contributed by atoms with Gasteiger partial charge < -0.3 is 5.32 Å². The van der Waals surface area contributed by atoms with E-state index in [1.165, 1.54) is 5.56 Å². The van der Waals surface area contributed by atoms with Crippen molar-refractivity contribution < 1.29 is 0 Å². The minimum Gasteiger partial charge on any atom is -0.309 e. The number of thiol groups is 1. The molecule has 0 spiro atoms. The fourth-order valence-corrected chi connectivity index (χ4v) is 1.15. The molecule has 2 atom stereocenters. The fourth-order valence-electron chi connectivity index (χ4n) is 1.05. The van der Waals surface area contributed by atoms with Gasteiger partial charge in [-0.15, -0.1) is 0 Å². The Labute approximate surface area is 86.0 Å². The van der Waals surface area contributed by atoms with E-state index in [4.69, 9.17) is 0 Å². The lowest BCUT2D eigenvalue weighted by atomic mass is 10.2. The molecule has 0 aliphatic rings. The first-order chi connectivity index (χ1) is 6.20. The molecule has 1 N–H and O–H groups in total. The summed E-state index contributed by atoms with van der Waals surface area (Å²) in [6.45, 7) is 5.18. The summed E-state index contributed by atoms with van der Waals surface area (Å²) in [4.78, 5) is 0. The van der Waals surface area contributed by atoms with Gasteiger partial charge in [0.25, 0.3) is 0 Å². The lowest BCUT2D eigenvalue weighted by Crippen LogP contribution is -2.32. The number of rotatable bonds is 4. The fraction of sp³-hybridized carbons (Fsp3) is 0.455. The summed E-state index contributed by atoms with van der Waals surface area (Å²) < 4.78 is 0. The summed E-state index contributed by atoms with van der Waals surface area (Å²) in [6, 6.07) is 10.9. The van der Waals surface area contributed by atoms with Crippen molar-refractivity contribution in [3.63, 3.8) is 0 Å². The van der Waals surface area contributed by atoms with Crippen LogP contribution in [0.3, 0.4) is 0 Å². The number of hydrogen-bond acceptors (Lipinski definition) is 2. The third kappa shape index (κ3) is 3.83. The van der Waals surface area contributed by atoms with E-state index in [-0.39, 0.29) is 0 Å². The highest BCUT2D eigenvalue weighted by atomic mass is 32.1. The minimum absolute atomic E-state index is 0.392. The zero-order chi connectivity index (χ0) is 9.68. The van der Waals surface area contributed by atoms with Crippen LogP contribution >= 0.6 is 12.6 Å². The highest BCUT2D eigenvalue weighted by Gasteiger charge is 2.05. The van der Waals surface area contributed by atoms with E-state index in [1.807, 2.05) is 6.07 Å². The van der Waals surface area contributed by atoms with Crippen molar-refractivity contribution in [2.45, 2.75) is 31.7 Å². The van der Waals surface area contributed by atoms with Crippen LogP contribution < -0.4 is 5.32 Å². The second kappa shape index (κ2) is 5.30. The predicted molar refractivity (Wildman–Crippen MR) is 61.2 cm³/mol. The number of hydrogen-bond donors (Lipinski definition) is 2. The van der Waals surface area contributed by atoms with Gasteiger partial charge in [-0.3, -0.25) is 0 Å². The van der Waals surface area contributed by atoms with Crippen LogP contribution in [0.1, 0.15) is 19.4 Å². The van der Waals surface area contributed by atoms with Crippen molar-refractivity contribution in [1.29, 1.82) is 0 Å². The molecule has 0 aliphatic heterocycles. The van der Waals surface area contributed by atoms with E-state index in [0.29, 0.717) is 11.3 Å². The first kappa shape index (κ1) is 10.6. The second-order valence-corrected chi connectivity index (χ2v) is 4.21. The number of benzene rings is 1. The lowest BCUT2D eigenvalue weighted by molar-refractivity contribution is 0.545. The quantitative estimate of drug-likeness (QED) is 0.703. The van der Waals surface area contributed by atoms with Gasteiger partial charge in [0.15, 0.2) is 0 Å². The average molecular weight is 195 g/mol. The molecule has 1 aromatic rings. The largest absolute Gasteiger partial charge is 0.309 e. The highest BCUT2D eigenvalue weighted by molar-refractivity contribution is 7.81. The third-order valence-electron chi connectivity index (χ3n) is 2.19. The normalized spacial score (nSPS) is 15.3. The summed E-state index contributed by atoms with van der Waals surface area (Å²) in [7, 11) is 0. The van der Waals surface area contributed by atoms with Gasteiger partial charge in [0.1, 0.15) is 0 Å². The maximum absolute atomic E-state index is 4.38. The molecule has 0 aliphatic carbocycles. The van der Waals surface area contributed by atoms with Gasteiger partial charge in [-0.2, -0.15) is 12.6 Å². The molecule has 0 amide bonds. The minimum atomic E-state index is 0.392. The first-order valence-corrected chi connectivity index (χ1v) is 5.17. The van der Waals surface area contributed by atoms with Crippen LogP contribution in [0.4, 0.5) is 0 Å². The summed E-state index contributed by atoms with van der Waals surface area (Å²) in [5, 5.41) is 3.81. The van der Waals surface area contributed by atoms with Crippen molar-refractivity contribution in [2.24, 2.45) is 0 Å². The molecule has 1 aromatic carbocycles. The van der Waals surface area contributed by atoms with Gasteiger partial charge in [-0.1, -0.05) is 37.3 Å². The first-order valence-electron chi connectivity index (χ1n) is 4.65. The monoisotopic (exact) mass is 195 g/mol. The molecule has 2 heteroatoms. The van der Waals surface area contributed by atoms with Crippen molar-refractivity contribution >= 4 is 12.6 Å². The smallest absolute Gasteiger partial charge is 0.0208 e. The summed E-state index contributed by atoms with van der Waals surface area (Å²) in [6.07, 6.45) is 0. The van der Waals surface area contributed by atoms with Gasteiger partial charge in [0.05, 0.1) is 0 Å². The van der Waals surface area contributed by atoms with Crippen LogP contribution in [0.2, 0.25) is 0 Å². The maximum atomic E-state index is 4.38. The molecule has 72 valence electrons. The third-order valence-corrected chi connectivity index (χ3v) is 2.64. The van der Waals surface area contributed by atoms with Gasteiger partial charge in [0.2, 0.25) is 0 Å². The Morgan fingerprint density at radius 3 is 2.38 bits per heavy atom. The van der Waals surface area contributed by atoms with Gasteiger partial charge >= 0.3 is 0 Å². The van der Waals surface area contributed by atoms with Crippen LogP contribution in [0, 0.1) is 0 Å². The van der Waals surface area contributed by atoms with E-state index >= 15 is 0 Å². The van der Waals surface area contributed by atoms with Crippen molar-refractivity contribution in [2.75, 3.05) is 0 Å². The van der Waals surface area contributed by atoms with Crippen molar-refractivity contribution in [1.82, 2.24) is 5.32 Å². The molecule has 0 fully saturated rings. The van der Waals surface area contributed by atoms with E-state index in [1.54, 1.807) is 0 Å². The number of nitrogens with one attached hydrogen (secondary N) is 1. The van der Waals surface area contributed by atoms with Crippen molar-refractivity contribution in [3.8, 4) is 0 Å². The Balaban J connectivity index is 2.35. The van der Waals surface area contributed by atoms with Gasteiger partial charge in [-0.05, 0) is 12.5 Å². The van der Waals surface area contributed by atoms with Crippen LogP contribution in [0.5, 0.6) is 0 Å². The van der Waals surface area contributed by atoms with Crippen molar-refractivity contribution in [3.05, 3.63) is 35.9 Å². The summed E-state index contributed by atoms with van der Waals surface area (Å²) in [5.74, 6) is 0. The van der Waals surface area contributed by atoms with E-state index < -0.39 is 0 Å². The maximum Gasteiger partial charge on any atom is 0.0208 e. The Hall–Kier alpha value is -0.470. The molecular formula is C11H17NS. The molecule has 0 aromatic heterocycles. The van der Waals surface area contributed by atoms with Crippen LogP contribution in [0.15, 0.2) is 30.3 Å². The van der Waals surface area contributed by atoms with Crippen LogP contribution in [-0.2, 0) is 6.54 Å². The molecule has 2 unspecified atom stereocenters. The lowest BCUT2D eigenvalue weighted by Gasteiger charge is -2.16. The SMILES string of the molecule is CC(S)C(C)NCc1ccccc1. The molecule has 0 saturated heterocycles. The predicted octanol–water partition coefficient (Wildman–Crippen LogP) is 2.48. The van der Waals surface area contributed by atoms with E-state index in [2.05, 4.69) is 56.1 Å². The zero-order valence-electron chi connectivity index (χ0n) is 8.20. The van der Waals surface area contributed by atoms with Gasteiger partial charge in [0, 0.05) is 17.8 Å². The molecule has 0 radical (unpaired) electrons. The molecular weight excluding hydrogens is 178 g/mol. The van der Waals surface area contributed by atoms with Gasteiger partial charge in [-0.25, -0.2) is 0 Å². The molecule has 0 saturated carbocycles. The molecule has 0 bridgehead atoms. The standard InChI is InChI=1S/C11H17NS/c1-9(10(2)13)12-8-11-6-4-3-5-7-11/h3-7,9-10,12-13H,8H2,1-2H3.